The van der Waals surface area contributed by atoms with E-state index < -0.39 is 0 Å². The maximum atomic E-state index is 8.90. The largest absolute Gasteiger partial charge is 0.305 e. The van der Waals surface area contributed by atoms with Crippen molar-refractivity contribution in [3.8, 4) is 17.5 Å². The highest BCUT2D eigenvalue weighted by atomic mass is 32.2. The van der Waals surface area contributed by atoms with Crippen molar-refractivity contribution >= 4 is 11.8 Å². The van der Waals surface area contributed by atoms with Crippen LogP contribution in [0.5, 0.6) is 0 Å². The van der Waals surface area contributed by atoms with E-state index >= 15 is 0 Å². The lowest BCUT2D eigenvalue weighted by Crippen LogP contribution is -1.95. The minimum absolute atomic E-state index is 0.394. The molecule has 6 heteroatoms. The number of pyridine rings is 1. The molecule has 0 amide bonds. The van der Waals surface area contributed by atoms with Gasteiger partial charge in [0.15, 0.2) is 11.0 Å². The van der Waals surface area contributed by atoms with Crippen molar-refractivity contribution in [2.24, 2.45) is 7.05 Å². The summed E-state index contributed by atoms with van der Waals surface area (Å²) in [6, 6.07) is 15.5. The zero-order chi connectivity index (χ0) is 15.5. The predicted octanol–water partition coefficient (Wildman–Crippen LogP) is 3.21. The summed E-state index contributed by atoms with van der Waals surface area (Å²) in [5, 5.41) is 18.8. The number of nitrogens with zero attached hydrogens (tertiary/aromatic N) is 5. The molecule has 5 nitrogen and oxygen atoms in total. The average molecular weight is 307 g/mol. The van der Waals surface area contributed by atoms with Crippen molar-refractivity contribution in [1.29, 1.82) is 5.26 Å². The molecule has 0 aliphatic heterocycles. The molecular formula is C16H13N5S. The number of aromatic nitrogens is 4. The van der Waals surface area contributed by atoms with Gasteiger partial charge in [0.1, 0.15) is 16.8 Å². The Morgan fingerprint density at radius 1 is 1.09 bits per heavy atom. The van der Waals surface area contributed by atoms with Crippen LogP contribution in [0.4, 0.5) is 0 Å². The SMILES string of the molecule is Cc1ccc(-c2nnc(Sc3cccc(C#N)n3)n2C)cc1. The van der Waals surface area contributed by atoms with Crippen molar-refractivity contribution in [1.82, 2.24) is 19.7 Å². The van der Waals surface area contributed by atoms with Gasteiger partial charge in [-0.15, -0.1) is 10.2 Å². The normalized spacial score (nSPS) is 10.4. The highest BCUT2D eigenvalue weighted by Crippen LogP contribution is 2.27. The van der Waals surface area contributed by atoms with Gasteiger partial charge >= 0.3 is 0 Å². The second kappa shape index (κ2) is 6.00. The number of benzene rings is 1. The molecule has 0 saturated heterocycles. The van der Waals surface area contributed by atoms with Gasteiger partial charge in [0, 0.05) is 12.6 Å². The second-order valence-electron chi connectivity index (χ2n) is 4.81. The molecule has 1 aromatic carbocycles. The highest BCUT2D eigenvalue weighted by Gasteiger charge is 2.12. The number of hydrogen-bond acceptors (Lipinski definition) is 5. The van der Waals surface area contributed by atoms with E-state index in [9.17, 15) is 0 Å². The topological polar surface area (TPSA) is 67.4 Å². The van der Waals surface area contributed by atoms with Gasteiger partial charge in [-0.25, -0.2) is 4.98 Å². The third-order valence-corrected chi connectivity index (χ3v) is 4.15. The van der Waals surface area contributed by atoms with Crippen molar-refractivity contribution < 1.29 is 0 Å². The van der Waals surface area contributed by atoms with Gasteiger partial charge in [0.05, 0.1) is 0 Å². The molecule has 0 aliphatic carbocycles. The first kappa shape index (κ1) is 14.3. The van der Waals surface area contributed by atoms with E-state index in [1.54, 1.807) is 6.07 Å². The van der Waals surface area contributed by atoms with Gasteiger partial charge < -0.3 is 4.57 Å². The number of nitriles is 1. The first-order chi connectivity index (χ1) is 10.7. The van der Waals surface area contributed by atoms with E-state index in [2.05, 4.69) is 34.2 Å². The van der Waals surface area contributed by atoms with Crippen molar-refractivity contribution in [3.05, 3.63) is 53.7 Å². The zero-order valence-corrected chi connectivity index (χ0v) is 13.0. The fourth-order valence-corrected chi connectivity index (χ4v) is 2.77. The van der Waals surface area contributed by atoms with Gasteiger partial charge in [-0.3, -0.25) is 0 Å². The number of hydrogen-bond donors (Lipinski definition) is 0. The molecule has 0 unspecified atom stereocenters. The quantitative estimate of drug-likeness (QED) is 0.743. The minimum atomic E-state index is 0.394. The molecule has 2 heterocycles. The molecule has 2 aromatic heterocycles. The zero-order valence-electron chi connectivity index (χ0n) is 12.2. The molecule has 3 aromatic rings. The van der Waals surface area contributed by atoms with E-state index in [4.69, 9.17) is 5.26 Å². The second-order valence-corrected chi connectivity index (χ2v) is 5.79. The van der Waals surface area contributed by atoms with Crippen molar-refractivity contribution in [2.75, 3.05) is 0 Å². The van der Waals surface area contributed by atoms with Gasteiger partial charge in [-0.2, -0.15) is 5.26 Å². The molecular weight excluding hydrogens is 294 g/mol. The van der Waals surface area contributed by atoms with Crippen LogP contribution in [-0.2, 0) is 7.05 Å². The van der Waals surface area contributed by atoms with Crippen LogP contribution in [0.3, 0.4) is 0 Å². The van der Waals surface area contributed by atoms with E-state index in [-0.39, 0.29) is 0 Å². The van der Waals surface area contributed by atoms with E-state index in [0.29, 0.717) is 5.69 Å². The minimum Gasteiger partial charge on any atom is -0.305 e. The van der Waals surface area contributed by atoms with Crippen LogP contribution >= 0.6 is 11.8 Å². The van der Waals surface area contributed by atoms with Crippen LogP contribution < -0.4 is 0 Å². The Bertz CT molecular complexity index is 846. The highest BCUT2D eigenvalue weighted by molar-refractivity contribution is 7.99. The molecule has 0 spiro atoms. The Labute approximate surface area is 132 Å². The lowest BCUT2D eigenvalue weighted by molar-refractivity contribution is 0.792. The van der Waals surface area contributed by atoms with E-state index in [1.165, 1.54) is 17.3 Å². The summed E-state index contributed by atoms with van der Waals surface area (Å²) in [5.41, 5.74) is 2.62. The lowest BCUT2D eigenvalue weighted by atomic mass is 10.1. The van der Waals surface area contributed by atoms with Crippen LogP contribution in [0.2, 0.25) is 0 Å². The predicted molar refractivity (Wildman–Crippen MR) is 84.3 cm³/mol. The van der Waals surface area contributed by atoms with Gasteiger partial charge in [0.2, 0.25) is 0 Å². The molecule has 0 bridgehead atoms. The molecule has 0 aliphatic rings. The Morgan fingerprint density at radius 3 is 2.59 bits per heavy atom. The van der Waals surface area contributed by atoms with Crippen LogP contribution in [-0.4, -0.2) is 19.7 Å². The Kier molecular flexibility index (Phi) is 3.90. The van der Waals surface area contributed by atoms with Crippen molar-refractivity contribution in [2.45, 2.75) is 17.1 Å². The summed E-state index contributed by atoms with van der Waals surface area (Å²) in [6.07, 6.45) is 0. The van der Waals surface area contributed by atoms with Crippen molar-refractivity contribution in [3.63, 3.8) is 0 Å². The fourth-order valence-electron chi connectivity index (χ4n) is 1.99. The molecule has 0 radical (unpaired) electrons. The Balaban J connectivity index is 1.90. The third-order valence-electron chi connectivity index (χ3n) is 3.18. The summed E-state index contributed by atoms with van der Waals surface area (Å²) < 4.78 is 1.93. The summed E-state index contributed by atoms with van der Waals surface area (Å²) >= 11 is 1.39. The third kappa shape index (κ3) is 2.85. The molecule has 0 N–H and O–H groups in total. The van der Waals surface area contributed by atoms with E-state index in [0.717, 1.165) is 21.6 Å². The molecule has 22 heavy (non-hydrogen) atoms. The molecule has 0 saturated carbocycles. The first-order valence-electron chi connectivity index (χ1n) is 6.69. The smallest absolute Gasteiger partial charge is 0.197 e. The first-order valence-corrected chi connectivity index (χ1v) is 7.50. The standard InChI is InChI=1S/C16H13N5S/c1-11-6-8-12(9-7-11)15-19-20-16(21(15)2)22-14-5-3-4-13(10-17)18-14/h3-9H,1-2H3. The Morgan fingerprint density at radius 2 is 1.86 bits per heavy atom. The Hall–Kier alpha value is -2.65. The summed E-state index contributed by atoms with van der Waals surface area (Å²) in [7, 11) is 1.92. The van der Waals surface area contributed by atoms with E-state index in [1.807, 2.05) is 41.9 Å². The number of aryl methyl sites for hydroxylation is 1. The van der Waals surface area contributed by atoms with Crippen LogP contribution in [0.15, 0.2) is 52.6 Å². The van der Waals surface area contributed by atoms with Crippen LogP contribution in [0.25, 0.3) is 11.4 Å². The summed E-state index contributed by atoms with van der Waals surface area (Å²) in [6.45, 7) is 2.05. The van der Waals surface area contributed by atoms with Crippen LogP contribution in [0, 0.1) is 18.3 Å². The van der Waals surface area contributed by atoms with Crippen LogP contribution in [0.1, 0.15) is 11.3 Å². The fraction of sp³-hybridized carbons (Fsp3) is 0.125. The molecule has 0 atom stereocenters. The molecule has 108 valence electrons. The molecule has 0 fully saturated rings. The maximum Gasteiger partial charge on any atom is 0.197 e. The average Bonchev–Trinajstić information content (AvgIpc) is 2.89. The van der Waals surface area contributed by atoms with Gasteiger partial charge in [0.25, 0.3) is 0 Å². The molecule has 3 rings (SSSR count). The number of rotatable bonds is 3. The lowest BCUT2D eigenvalue weighted by Gasteiger charge is -2.04. The summed E-state index contributed by atoms with van der Waals surface area (Å²) in [4.78, 5) is 4.24. The monoisotopic (exact) mass is 307 g/mol. The maximum absolute atomic E-state index is 8.90. The summed E-state index contributed by atoms with van der Waals surface area (Å²) in [5.74, 6) is 0.805. The van der Waals surface area contributed by atoms with Gasteiger partial charge in [-0.05, 0) is 30.8 Å². The van der Waals surface area contributed by atoms with Gasteiger partial charge in [-0.1, -0.05) is 35.9 Å².